The van der Waals surface area contributed by atoms with Crippen LogP contribution in [-0.2, 0) is 26.1 Å². The topological polar surface area (TPSA) is 82.1 Å². The van der Waals surface area contributed by atoms with Gasteiger partial charge in [-0.1, -0.05) is 69.2 Å². The molecule has 0 saturated heterocycles. The van der Waals surface area contributed by atoms with Crippen LogP contribution in [0.15, 0.2) is 88.6 Å². The van der Waals surface area contributed by atoms with E-state index in [1.807, 2.05) is 66.9 Å². The molecule has 4 rings (SSSR count). The Kier molecular flexibility index (Phi) is 11.7. The highest BCUT2D eigenvalue weighted by Gasteiger charge is 2.48. The molecule has 242 valence electrons. The number of esters is 1. The van der Waals surface area contributed by atoms with Crippen molar-refractivity contribution in [3.05, 3.63) is 95.5 Å². The van der Waals surface area contributed by atoms with E-state index in [0.29, 0.717) is 41.7 Å². The molecular formula is C35H42FNO6S2. The quantitative estimate of drug-likeness (QED) is 0.0794. The van der Waals surface area contributed by atoms with Crippen molar-refractivity contribution in [2.45, 2.75) is 80.7 Å². The summed E-state index contributed by atoms with van der Waals surface area (Å²) in [5.74, 6) is -1.77. The summed E-state index contributed by atoms with van der Waals surface area (Å²) in [5, 5.41) is 0. The molecule has 3 aromatic carbocycles. The summed E-state index contributed by atoms with van der Waals surface area (Å²) >= 11 is 1.36. The predicted octanol–water partition coefficient (Wildman–Crippen LogP) is 8.24. The highest BCUT2D eigenvalue weighted by Crippen LogP contribution is 2.50. The number of unbranched alkanes of at least 4 members (excludes halogenated alkanes) is 1. The van der Waals surface area contributed by atoms with Gasteiger partial charge in [0.1, 0.15) is 17.8 Å². The van der Waals surface area contributed by atoms with Crippen LogP contribution < -0.4 is 9.47 Å². The molecule has 45 heavy (non-hydrogen) atoms. The molecule has 1 heterocycles. The van der Waals surface area contributed by atoms with E-state index >= 15 is 8.42 Å². The molecule has 0 spiro atoms. The number of rotatable bonds is 13. The Labute approximate surface area is 270 Å². The Hall–Kier alpha value is -3.34. The van der Waals surface area contributed by atoms with Gasteiger partial charge in [-0.3, -0.25) is 0 Å². The third-order valence-electron chi connectivity index (χ3n) is 8.45. The molecule has 1 aliphatic rings. The van der Waals surface area contributed by atoms with Gasteiger partial charge in [-0.05, 0) is 67.3 Å². The van der Waals surface area contributed by atoms with Crippen LogP contribution in [0, 0.1) is 0 Å². The molecule has 0 amide bonds. The zero-order valence-corrected chi connectivity index (χ0v) is 28.2. The maximum Gasteiger partial charge on any atom is 0.370 e. The minimum atomic E-state index is -4.13. The van der Waals surface area contributed by atoms with Crippen molar-refractivity contribution in [1.29, 1.82) is 0 Å². The first kappa shape index (κ1) is 34.5. The first-order chi connectivity index (χ1) is 21.6. The van der Waals surface area contributed by atoms with Gasteiger partial charge in [-0.25, -0.2) is 13.2 Å². The van der Waals surface area contributed by atoms with Crippen LogP contribution >= 0.6 is 11.8 Å². The summed E-state index contributed by atoms with van der Waals surface area (Å²) in [6.45, 7) is 5.93. The lowest BCUT2D eigenvalue weighted by Gasteiger charge is -2.43. The highest BCUT2D eigenvalue weighted by molar-refractivity contribution is 7.98. The van der Waals surface area contributed by atoms with Gasteiger partial charge in [-0.15, -0.1) is 11.8 Å². The Morgan fingerprint density at radius 2 is 1.80 bits per heavy atom. The second-order valence-corrected chi connectivity index (χ2v) is 13.7. The predicted molar refractivity (Wildman–Crippen MR) is 176 cm³/mol. The van der Waals surface area contributed by atoms with Crippen LogP contribution in [0.25, 0.3) is 0 Å². The number of carbonyl (C=O) groups is 1. The molecule has 0 aliphatic carbocycles. The molecular weight excluding hydrogens is 614 g/mol. The Bertz CT molecular complexity index is 1590. The molecule has 7 nitrogen and oxygen atoms in total. The fraction of sp³-hybridized carbons (Fsp3) is 0.400. The minimum absolute atomic E-state index is 0.00928. The van der Waals surface area contributed by atoms with Crippen molar-refractivity contribution < 1.29 is 31.8 Å². The van der Waals surface area contributed by atoms with Gasteiger partial charge in [0.15, 0.2) is 0 Å². The van der Waals surface area contributed by atoms with E-state index in [1.165, 1.54) is 17.8 Å². The van der Waals surface area contributed by atoms with E-state index in [4.69, 9.17) is 14.2 Å². The second-order valence-electron chi connectivity index (χ2n) is 11.1. The molecule has 3 aromatic rings. The average molecular weight is 656 g/mol. The van der Waals surface area contributed by atoms with Gasteiger partial charge < -0.3 is 14.2 Å². The Morgan fingerprint density at radius 1 is 1.09 bits per heavy atom. The lowest BCUT2D eigenvalue weighted by atomic mass is 9.76. The first-order valence-corrected chi connectivity index (χ1v) is 17.9. The van der Waals surface area contributed by atoms with E-state index in [-0.39, 0.29) is 29.7 Å². The van der Waals surface area contributed by atoms with Gasteiger partial charge in [0.25, 0.3) is 0 Å². The number of benzene rings is 3. The van der Waals surface area contributed by atoms with Crippen molar-refractivity contribution in [2.75, 3.05) is 20.0 Å². The summed E-state index contributed by atoms with van der Waals surface area (Å²) in [6.07, 6.45) is 6.20. The lowest BCUT2D eigenvalue weighted by molar-refractivity contribution is -0.140. The monoisotopic (exact) mass is 655 g/mol. The zero-order chi connectivity index (χ0) is 32.6. The highest BCUT2D eigenvalue weighted by atomic mass is 32.2. The molecule has 10 heteroatoms. The number of hydrogen-bond donors (Lipinski definition) is 0. The van der Waals surface area contributed by atoms with Crippen LogP contribution in [0.1, 0.15) is 75.5 Å². The molecule has 2 atom stereocenters. The van der Waals surface area contributed by atoms with E-state index in [0.717, 1.165) is 24.0 Å². The van der Waals surface area contributed by atoms with Gasteiger partial charge in [0.2, 0.25) is 15.9 Å². The third kappa shape index (κ3) is 7.56. The number of halogens is 1. The van der Waals surface area contributed by atoms with Crippen molar-refractivity contribution in [3.8, 4) is 11.5 Å². The van der Waals surface area contributed by atoms with Crippen molar-refractivity contribution >= 4 is 27.8 Å². The summed E-state index contributed by atoms with van der Waals surface area (Å²) in [4.78, 5) is 12.6. The molecule has 0 aromatic heterocycles. The molecule has 1 aliphatic heterocycles. The van der Waals surface area contributed by atoms with Gasteiger partial charge in [-0.2, -0.15) is 8.70 Å². The van der Waals surface area contributed by atoms with Crippen molar-refractivity contribution in [3.63, 3.8) is 0 Å². The Morgan fingerprint density at radius 3 is 2.40 bits per heavy atom. The van der Waals surface area contributed by atoms with E-state index in [2.05, 4.69) is 13.8 Å². The largest absolute Gasteiger partial charge is 0.497 e. The second kappa shape index (κ2) is 15.3. The van der Waals surface area contributed by atoms with E-state index in [9.17, 15) is 9.18 Å². The average Bonchev–Trinajstić information content (AvgIpc) is 3.13. The van der Waals surface area contributed by atoms with Crippen LogP contribution in [0.2, 0.25) is 0 Å². The SMILES string of the molecule is CCCCC1(CC)CC(c2ccccc2)c2cc(SC)c(O/C=C(\F)C(=O)OCC)cc2S(=O)(=O)N1Cc1ccc(OC)cc1. The summed E-state index contributed by atoms with van der Waals surface area (Å²) in [7, 11) is -2.53. The molecule has 0 bridgehead atoms. The molecule has 2 unspecified atom stereocenters. The summed E-state index contributed by atoms with van der Waals surface area (Å²) in [5.41, 5.74) is 1.83. The number of nitrogens with zero attached hydrogens (tertiary/aromatic N) is 1. The smallest absolute Gasteiger partial charge is 0.370 e. The molecule has 0 radical (unpaired) electrons. The van der Waals surface area contributed by atoms with E-state index < -0.39 is 27.4 Å². The van der Waals surface area contributed by atoms with Crippen LogP contribution in [0.4, 0.5) is 4.39 Å². The number of hydrogen-bond acceptors (Lipinski definition) is 7. The number of carbonyl (C=O) groups excluding carboxylic acids is 1. The number of methoxy groups -OCH3 is 1. The van der Waals surface area contributed by atoms with Gasteiger partial charge >= 0.3 is 5.97 Å². The molecule has 0 saturated carbocycles. The van der Waals surface area contributed by atoms with Crippen LogP contribution in [0.3, 0.4) is 0 Å². The van der Waals surface area contributed by atoms with Crippen LogP contribution in [0.5, 0.6) is 11.5 Å². The maximum absolute atomic E-state index is 15.0. The van der Waals surface area contributed by atoms with Crippen LogP contribution in [-0.4, -0.2) is 44.2 Å². The standard InChI is InChI=1S/C35H42FNO6S2/c1-6-9-19-35(7-2)22-29(26-13-11-10-12-14-26)28-20-32(44-5)31(43-24-30(36)34(38)42-8-3)21-33(28)45(39,40)37(35)23-25-15-17-27(41-4)18-16-25/h10-18,20-21,24,29H,6-9,19,22-23H2,1-5H3/b30-24-. The zero-order valence-electron chi connectivity index (χ0n) is 26.5. The van der Waals surface area contributed by atoms with Gasteiger partial charge in [0.05, 0.1) is 23.5 Å². The fourth-order valence-electron chi connectivity index (χ4n) is 6.00. The minimum Gasteiger partial charge on any atom is -0.497 e. The summed E-state index contributed by atoms with van der Waals surface area (Å²) in [6, 6.07) is 20.8. The van der Waals surface area contributed by atoms with Crippen molar-refractivity contribution in [1.82, 2.24) is 4.31 Å². The third-order valence-corrected chi connectivity index (χ3v) is 11.2. The number of sulfonamides is 1. The van der Waals surface area contributed by atoms with E-state index in [1.54, 1.807) is 18.3 Å². The molecule has 0 N–H and O–H groups in total. The number of ether oxygens (including phenoxy) is 3. The molecule has 0 fully saturated rings. The maximum atomic E-state index is 15.0. The fourth-order valence-corrected chi connectivity index (χ4v) is 8.66. The normalized spacial score (nSPS) is 19.8. The summed E-state index contributed by atoms with van der Waals surface area (Å²) < 4.78 is 61.9. The van der Waals surface area contributed by atoms with Gasteiger partial charge in [0, 0.05) is 24.1 Å². The lowest BCUT2D eigenvalue weighted by Crippen LogP contribution is -2.50. The number of thioether (sulfide) groups is 1. The first-order valence-electron chi connectivity index (χ1n) is 15.3. The number of fused-ring (bicyclic) bond motifs is 1. The van der Waals surface area contributed by atoms with Crippen molar-refractivity contribution in [2.24, 2.45) is 0 Å². The Balaban J connectivity index is 1.96.